The largest absolute Gasteiger partial charge is 2.00 e. The molecule has 0 aromatic heterocycles. The number of hydrogen-bond donors (Lipinski definition) is 1. The molecule has 0 spiro atoms. The Bertz CT molecular complexity index is 2240. The van der Waals surface area contributed by atoms with Crippen molar-refractivity contribution in [2.45, 2.75) is 147 Å². The monoisotopic (exact) mass is 1010 g/mol. The van der Waals surface area contributed by atoms with Crippen LogP contribution in [0.1, 0.15) is 153 Å². The molecule has 0 saturated heterocycles. The van der Waals surface area contributed by atoms with Crippen molar-refractivity contribution >= 4 is 29.0 Å². The molecule has 65 heavy (non-hydrogen) atoms. The number of hydrogen-bond acceptors (Lipinski definition) is 6. The van der Waals surface area contributed by atoms with Crippen molar-refractivity contribution in [2.75, 3.05) is 26.2 Å². The Labute approximate surface area is 407 Å². The van der Waals surface area contributed by atoms with E-state index in [1.165, 1.54) is 111 Å². The van der Waals surface area contributed by atoms with E-state index in [0.717, 1.165) is 58.1 Å². The third-order valence-corrected chi connectivity index (χ3v) is 20.0. The Balaban J connectivity index is 0.000000277. The van der Waals surface area contributed by atoms with E-state index in [1.54, 1.807) is 5.30 Å². The fourth-order valence-corrected chi connectivity index (χ4v) is 20.0. The van der Waals surface area contributed by atoms with Gasteiger partial charge in [0.15, 0.2) is 0 Å². The minimum absolute atomic E-state index is 0. The molecule has 8 bridgehead atoms. The second-order valence-electron chi connectivity index (χ2n) is 21.9. The first kappa shape index (κ1) is 50.2. The number of nitrogen functional groups attached to an aromatic ring is 1. The van der Waals surface area contributed by atoms with Crippen LogP contribution in [0.4, 0.5) is 5.69 Å². The first-order valence-electron chi connectivity index (χ1n) is 24.4. The minimum atomic E-state index is -3.92. The molecular weight excluding hydrogens is 936 g/mol. The Morgan fingerprint density at radius 1 is 0.646 bits per heavy atom. The maximum atomic E-state index is 9.08. The Hall–Kier alpha value is -2.72. The number of benzene rings is 4. The predicted molar refractivity (Wildman–Crippen MR) is 266 cm³/mol. The number of methoxy groups -OCH3 is 2. The molecule has 354 valence electrons. The van der Waals surface area contributed by atoms with Crippen molar-refractivity contribution in [2.24, 2.45) is 35.5 Å². The summed E-state index contributed by atoms with van der Waals surface area (Å²) in [5, 5.41) is 2.54. The van der Waals surface area contributed by atoms with Gasteiger partial charge >= 0.3 is 20.4 Å². The van der Waals surface area contributed by atoms with Crippen molar-refractivity contribution in [3.05, 3.63) is 95.6 Å². The van der Waals surface area contributed by atoms with Crippen molar-refractivity contribution in [1.29, 1.82) is 0 Å². The van der Waals surface area contributed by atoms with Gasteiger partial charge in [-0.05, 0) is 187 Å². The molecule has 0 aliphatic heterocycles. The number of anilines is 1. The normalized spacial score (nSPS) is 28.6. The van der Waals surface area contributed by atoms with Crippen LogP contribution in [0.5, 0.6) is 11.5 Å². The predicted octanol–water partition coefficient (Wildman–Crippen LogP) is 13.7. The summed E-state index contributed by atoms with van der Waals surface area (Å²) in [5.41, 5.74) is 16.1. The molecular formula is C56H74NO5PPdS. The Morgan fingerprint density at radius 2 is 1.06 bits per heavy atom. The van der Waals surface area contributed by atoms with Crippen LogP contribution >= 0.6 is 7.92 Å². The molecule has 6 nitrogen and oxygen atoms in total. The molecule has 9 heteroatoms. The minimum Gasteiger partial charge on any atom is -0.748 e. The molecule has 8 saturated carbocycles. The van der Waals surface area contributed by atoms with Crippen LogP contribution in [0.25, 0.3) is 22.3 Å². The molecule has 0 unspecified atom stereocenters. The maximum absolute atomic E-state index is 9.08. The van der Waals surface area contributed by atoms with E-state index in [0.29, 0.717) is 34.3 Å². The quantitative estimate of drug-likeness (QED) is 0.0558. The van der Waals surface area contributed by atoms with Gasteiger partial charge in [-0.25, -0.2) is 8.42 Å². The third kappa shape index (κ3) is 10.5. The molecule has 4 aromatic rings. The molecule has 8 aliphatic carbocycles. The van der Waals surface area contributed by atoms with E-state index in [-0.39, 0.29) is 20.4 Å². The van der Waals surface area contributed by atoms with Gasteiger partial charge < -0.3 is 19.8 Å². The molecule has 4 aromatic carbocycles. The summed E-state index contributed by atoms with van der Waals surface area (Å²) < 4.78 is 40.4. The number of ether oxygens (including phenoxy) is 2. The molecule has 2 N–H and O–H groups in total. The fraction of sp³-hybridized carbons (Fsp3) is 0.571. The Kier molecular flexibility index (Phi) is 15.5. The second-order valence-corrected chi connectivity index (χ2v) is 26.3. The molecule has 0 atom stereocenters. The first-order chi connectivity index (χ1) is 30.4. The van der Waals surface area contributed by atoms with E-state index in [2.05, 4.69) is 71.9 Å². The van der Waals surface area contributed by atoms with Crippen LogP contribution < -0.4 is 20.5 Å². The van der Waals surface area contributed by atoms with Crippen LogP contribution in [0.15, 0.2) is 72.8 Å². The van der Waals surface area contributed by atoms with Gasteiger partial charge in [0.1, 0.15) is 11.5 Å². The molecule has 0 radical (unpaired) electrons. The van der Waals surface area contributed by atoms with E-state index < -0.39 is 18.0 Å². The second kappa shape index (κ2) is 20.1. The summed E-state index contributed by atoms with van der Waals surface area (Å²) in [6.07, 6.45) is 18.5. The molecule has 0 heterocycles. The van der Waals surface area contributed by atoms with E-state index in [9.17, 15) is 0 Å². The van der Waals surface area contributed by atoms with Gasteiger partial charge in [-0.15, -0.1) is 35.9 Å². The van der Waals surface area contributed by atoms with E-state index >= 15 is 0 Å². The molecule has 8 fully saturated rings. The van der Waals surface area contributed by atoms with E-state index in [4.69, 9.17) is 28.2 Å². The van der Waals surface area contributed by atoms with Gasteiger partial charge in [0, 0.05) is 17.1 Å². The SMILES string of the molecule is COc1ccc(OC)c(P(C23CC4CC(CC(C4)C2)C3)C23CC4CC(CC(C4)C2)C3)c1-c1c(C(C)C)cc(C(C)C)cc1C(C)C.CS(=O)(=O)[O-].Nc1ccccc1-c1[c-]cccc1.[Pd+2]. The van der Waals surface area contributed by atoms with Crippen molar-refractivity contribution in [3.63, 3.8) is 0 Å². The zero-order valence-corrected chi connectivity index (χ0v) is 43.7. The fourth-order valence-electron chi connectivity index (χ4n) is 14.6. The summed E-state index contributed by atoms with van der Waals surface area (Å²) in [7, 11) is -0.503. The smallest absolute Gasteiger partial charge is 0.748 e. The van der Waals surface area contributed by atoms with Crippen molar-refractivity contribution in [1.82, 2.24) is 0 Å². The molecule has 0 amide bonds. The number of para-hydroxylation sites is 1. The summed E-state index contributed by atoms with van der Waals surface area (Å²) in [6.45, 7) is 14.4. The van der Waals surface area contributed by atoms with Crippen molar-refractivity contribution < 1.29 is 42.9 Å². The van der Waals surface area contributed by atoms with Gasteiger partial charge in [0.25, 0.3) is 0 Å². The zero-order chi connectivity index (χ0) is 45.7. The summed E-state index contributed by atoms with van der Waals surface area (Å²) >= 11 is 0. The van der Waals surface area contributed by atoms with Gasteiger partial charge in [-0.2, -0.15) is 0 Å². The average molecular weight is 1010 g/mol. The van der Waals surface area contributed by atoms with Gasteiger partial charge in [-0.1, -0.05) is 85.4 Å². The molecule has 12 rings (SSSR count). The van der Waals surface area contributed by atoms with E-state index in [1.807, 2.05) is 62.8 Å². The first-order valence-corrected chi connectivity index (χ1v) is 27.5. The Morgan fingerprint density at radius 3 is 1.43 bits per heavy atom. The standard InChI is InChI=1S/C43H61O2P.C12H10N.CH4O3S.Pd/c1-25(2)34-17-35(26(3)4)39(36(18-34)27(5)6)40-37(44-7)9-10-38(45-8)41(40)46(42-19-28-11-29(20-42)13-30(12-28)21-42)43-22-31-14-32(23-43)16-33(15-31)24-43;13-12-9-5-4-8-11(12)10-6-2-1-3-7-10;1-5(2,3)4;/h9-10,17-18,25-33H,11-16,19-24H2,1-8H3;1-6,8-9H,13H2;1H3,(H,2,3,4);/q;-1;;+2/p-1. The van der Waals surface area contributed by atoms with Crippen LogP contribution in [0.2, 0.25) is 0 Å². The summed E-state index contributed by atoms with van der Waals surface area (Å²) in [4.78, 5) is 0. The average Bonchev–Trinajstić information content (AvgIpc) is 3.22. The van der Waals surface area contributed by atoms with Crippen LogP contribution in [-0.4, -0.2) is 43.8 Å². The molecule has 8 aliphatic rings. The topological polar surface area (TPSA) is 102 Å². The van der Waals surface area contributed by atoms with Crippen LogP contribution in [0, 0.1) is 41.6 Å². The van der Waals surface area contributed by atoms with Gasteiger partial charge in [0.2, 0.25) is 0 Å². The number of rotatable bonds is 10. The van der Waals surface area contributed by atoms with Crippen molar-refractivity contribution in [3.8, 4) is 33.8 Å². The third-order valence-electron chi connectivity index (χ3n) is 16.1. The number of nitrogens with two attached hydrogens (primary N) is 1. The summed E-state index contributed by atoms with van der Waals surface area (Å²) in [6, 6.07) is 28.5. The van der Waals surface area contributed by atoms with Crippen LogP contribution in [0.3, 0.4) is 0 Å². The van der Waals surface area contributed by atoms with Crippen LogP contribution in [-0.2, 0) is 30.5 Å². The van der Waals surface area contributed by atoms with Gasteiger partial charge in [0.05, 0.1) is 24.3 Å². The maximum Gasteiger partial charge on any atom is 2.00 e. The van der Waals surface area contributed by atoms with Gasteiger partial charge in [-0.3, -0.25) is 0 Å². The summed E-state index contributed by atoms with van der Waals surface area (Å²) in [5.74, 6) is 9.33. The zero-order valence-electron chi connectivity index (χ0n) is 40.4.